The molecule has 0 fully saturated rings. The smallest absolute Gasteiger partial charge is 0.333 e. The van der Waals surface area contributed by atoms with E-state index in [1.54, 1.807) is 15.2 Å². The summed E-state index contributed by atoms with van der Waals surface area (Å²) in [4.78, 5) is 31.5. The summed E-state index contributed by atoms with van der Waals surface area (Å²) in [5.41, 5.74) is -0.0281. The zero-order valence-corrected chi connectivity index (χ0v) is 17.0. The topological polar surface area (TPSA) is 82.1 Å². The number of thiophene rings is 1. The number of hydrogen-bond donors (Lipinski definition) is 1. The number of hydrogen-bond acceptors (Lipinski definition) is 5. The van der Waals surface area contributed by atoms with Gasteiger partial charge in [-0.15, -0.1) is 11.3 Å². The minimum absolute atomic E-state index is 0.170. The molecule has 0 aliphatic heterocycles. The van der Waals surface area contributed by atoms with E-state index in [1.165, 1.54) is 15.9 Å². The second-order valence-electron chi connectivity index (χ2n) is 6.39. The molecule has 3 aromatic rings. The predicted molar refractivity (Wildman–Crippen MR) is 108 cm³/mol. The fourth-order valence-corrected chi connectivity index (χ4v) is 4.25. The molecule has 0 saturated heterocycles. The number of aromatic nitrogens is 4. The Labute approximate surface area is 165 Å². The summed E-state index contributed by atoms with van der Waals surface area (Å²) in [6, 6.07) is 3.58. The van der Waals surface area contributed by atoms with Crippen molar-refractivity contribution in [3.8, 4) is 0 Å². The molecule has 0 radical (unpaired) electrons. The number of nitrogens with zero attached hydrogens (tertiary/aromatic N) is 4. The molecule has 9 heteroatoms. The third kappa shape index (κ3) is 3.74. The summed E-state index contributed by atoms with van der Waals surface area (Å²) in [5.74, 6) is 0.408. The van der Waals surface area contributed by atoms with E-state index in [1.807, 2.05) is 19.9 Å². The van der Waals surface area contributed by atoms with Gasteiger partial charge >= 0.3 is 5.69 Å². The van der Waals surface area contributed by atoms with Crippen LogP contribution in [0.1, 0.15) is 43.8 Å². The lowest BCUT2D eigenvalue weighted by atomic mass is 10.3. The summed E-state index contributed by atoms with van der Waals surface area (Å²) in [6.07, 6.45) is 2.50. The molecule has 0 aliphatic rings. The lowest BCUT2D eigenvalue weighted by molar-refractivity contribution is 0.265. The van der Waals surface area contributed by atoms with Crippen molar-refractivity contribution in [1.29, 1.82) is 0 Å². The molecule has 0 unspecified atom stereocenters. The number of aliphatic hydroxyl groups is 1. The van der Waals surface area contributed by atoms with E-state index in [9.17, 15) is 14.7 Å². The zero-order valence-electron chi connectivity index (χ0n) is 15.4. The van der Waals surface area contributed by atoms with Crippen LogP contribution >= 0.6 is 22.9 Å². The highest BCUT2D eigenvalue weighted by Crippen LogP contribution is 2.22. The average Bonchev–Trinajstić information content (AvgIpc) is 3.22. The van der Waals surface area contributed by atoms with Crippen LogP contribution in [0.2, 0.25) is 4.34 Å². The van der Waals surface area contributed by atoms with E-state index >= 15 is 0 Å². The van der Waals surface area contributed by atoms with E-state index in [4.69, 9.17) is 11.6 Å². The highest BCUT2D eigenvalue weighted by atomic mass is 35.5. The van der Waals surface area contributed by atoms with E-state index in [-0.39, 0.29) is 24.4 Å². The summed E-state index contributed by atoms with van der Waals surface area (Å²) in [6.45, 7) is 4.95. The molecule has 7 nitrogen and oxygen atoms in total. The van der Waals surface area contributed by atoms with Crippen LogP contribution < -0.4 is 11.2 Å². The van der Waals surface area contributed by atoms with Crippen molar-refractivity contribution in [2.45, 2.75) is 59.4 Å². The van der Waals surface area contributed by atoms with Crippen molar-refractivity contribution >= 4 is 34.1 Å². The molecular formula is C18H23ClN4O3S. The fourth-order valence-electron chi connectivity index (χ4n) is 3.17. The Kier molecular flexibility index (Phi) is 6.18. The normalized spacial score (nSPS) is 11.6. The van der Waals surface area contributed by atoms with Gasteiger partial charge in [-0.1, -0.05) is 31.9 Å². The van der Waals surface area contributed by atoms with Gasteiger partial charge in [-0.25, -0.2) is 9.78 Å². The monoisotopic (exact) mass is 410 g/mol. The molecule has 0 amide bonds. The van der Waals surface area contributed by atoms with Gasteiger partial charge in [-0.2, -0.15) is 0 Å². The van der Waals surface area contributed by atoms with Gasteiger partial charge in [0.05, 0.1) is 10.9 Å². The second-order valence-corrected chi connectivity index (χ2v) is 8.19. The highest BCUT2D eigenvalue weighted by molar-refractivity contribution is 7.16. The average molecular weight is 411 g/mol. The third-order valence-corrected chi connectivity index (χ3v) is 5.68. The number of unbranched alkanes of at least 4 members (excludes halogenated alkanes) is 1. The minimum Gasteiger partial charge on any atom is -0.388 e. The van der Waals surface area contributed by atoms with Gasteiger partial charge in [0.1, 0.15) is 12.4 Å². The largest absolute Gasteiger partial charge is 0.388 e. The number of imidazole rings is 1. The number of aliphatic hydroxyl groups excluding tert-OH is 1. The summed E-state index contributed by atoms with van der Waals surface area (Å²) < 4.78 is 5.15. The molecule has 27 heavy (non-hydrogen) atoms. The van der Waals surface area contributed by atoms with Crippen molar-refractivity contribution < 1.29 is 5.11 Å². The number of fused-ring (bicyclic) bond motifs is 1. The van der Waals surface area contributed by atoms with Crippen molar-refractivity contribution in [3.05, 3.63) is 48.0 Å². The summed E-state index contributed by atoms with van der Waals surface area (Å²) in [5, 5.41) is 9.69. The molecule has 0 saturated carbocycles. The van der Waals surface area contributed by atoms with Crippen molar-refractivity contribution in [2.24, 2.45) is 0 Å². The van der Waals surface area contributed by atoms with Gasteiger partial charge in [0.2, 0.25) is 0 Å². The Hall–Kier alpha value is -1.90. The van der Waals surface area contributed by atoms with Gasteiger partial charge in [-0.05, 0) is 25.0 Å². The maximum atomic E-state index is 13.2. The maximum Gasteiger partial charge on any atom is 0.333 e. The summed E-state index contributed by atoms with van der Waals surface area (Å²) in [7, 11) is 0. The minimum atomic E-state index is -0.382. The first kappa shape index (κ1) is 19.9. The van der Waals surface area contributed by atoms with Crippen LogP contribution in [-0.2, 0) is 26.2 Å². The van der Waals surface area contributed by atoms with Crippen molar-refractivity contribution in [3.63, 3.8) is 0 Å². The Morgan fingerprint density at radius 2 is 1.89 bits per heavy atom. The van der Waals surface area contributed by atoms with E-state index in [0.717, 1.165) is 24.1 Å². The first-order valence-electron chi connectivity index (χ1n) is 9.09. The molecule has 3 heterocycles. The van der Waals surface area contributed by atoms with E-state index in [0.29, 0.717) is 34.4 Å². The maximum absolute atomic E-state index is 13.2. The van der Waals surface area contributed by atoms with Crippen LogP contribution in [0.15, 0.2) is 21.7 Å². The number of rotatable bonds is 8. The quantitative estimate of drug-likeness (QED) is 0.619. The molecule has 0 atom stereocenters. The predicted octanol–water partition coefficient (Wildman–Crippen LogP) is 2.83. The van der Waals surface area contributed by atoms with Gasteiger partial charge in [-0.3, -0.25) is 13.9 Å². The number of aryl methyl sites for hydroxylation is 2. The SMILES string of the molecule is CCCCn1c(=O)n(Cc2ccc(Cl)s2)c(=O)c2c1nc(CO)n2CCC. The molecule has 0 bridgehead atoms. The first-order chi connectivity index (χ1) is 13.0. The molecule has 146 valence electrons. The van der Waals surface area contributed by atoms with Crippen molar-refractivity contribution in [1.82, 2.24) is 18.7 Å². The van der Waals surface area contributed by atoms with Gasteiger partial charge in [0, 0.05) is 18.0 Å². The second kappa shape index (κ2) is 8.41. The molecule has 0 spiro atoms. The molecule has 3 rings (SSSR count). The Balaban J connectivity index is 2.29. The summed E-state index contributed by atoms with van der Waals surface area (Å²) >= 11 is 7.34. The molecule has 0 aliphatic carbocycles. The fraction of sp³-hybridized carbons (Fsp3) is 0.500. The molecule has 0 aromatic carbocycles. The van der Waals surface area contributed by atoms with E-state index in [2.05, 4.69) is 4.98 Å². The lowest BCUT2D eigenvalue weighted by Crippen LogP contribution is -2.40. The van der Waals surface area contributed by atoms with Crippen LogP contribution in [0.5, 0.6) is 0 Å². The zero-order chi connectivity index (χ0) is 19.6. The number of halogens is 1. The molecule has 3 aromatic heterocycles. The van der Waals surface area contributed by atoms with Crippen LogP contribution in [0.25, 0.3) is 11.2 Å². The van der Waals surface area contributed by atoms with Gasteiger partial charge in [0.15, 0.2) is 11.2 Å². The Bertz CT molecular complexity index is 1060. The Morgan fingerprint density at radius 1 is 1.11 bits per heavy atom. The molecular weight excluding hydrogens is 388 g/mol. The third-order valence-electron chi connectivity index (χ3n) is 4.46. The van der Waals surface area contributed by atoms with Crippen LogP contribution in [0.4, 0.5) is 0 Å². The molecule has 1 N–H and O–H groups in total. The van der Waals surface area contributed by atoms with E-state index < -0.39 is 0 Å². The van der Waals surface area contributed by atoms with Crippen LogP contribution in [-0.4, -0.2) is 23.8 Å². The van der Waals surface area contributed by atoms with Crippen LogP contribution in [0, 0.1) is 0 Å². The standard InChI is InChI=1S/C18H23ClN4O3S/c1-3-5-9-22-16-15(21(8-4-2)14(11-24)20-16)17(25)23(18(22)26)10-12-6-7-13(19)27-12/h6-7,24H,3-5,8-11H2,1-2H3. The van der Waals surface area contributed by atoms with Gasteiger partial charge in [0.25, 0.3) is 5.56 Å². The van der Waals surface area contributed by atoms with Gasteiger partial charge < -0.3 is 9.67 Å². The highest BCUT2D eigenvalue weighted by Gasteiger charge is 2.21. The van der Waals surface area contributed by atoms with Crippen LogP contribution in [0.3, 0.4) is 0 Å². The Morgan fingerprint density at radius 3 is 2.48 bits per heavy atom. The lowest BCUT2D eigenvalue weighted by Gasteiger charge is -2.12. The van der Waals surface area contributed by atoms with Crippen molar-refractivity contribution in [2.75, 3.05) is 0 Å². The first-order valence-corrected chi connectivity index (χ1v) is 10.3.